The average Bonchev–Trinajstić information content (AvgIpc) is 3.59. The zero-order chi connectivity index (χ0) is 24.7. The number of hydrogen-bond acceptors (Lipinski definition) is 8. The SMILES string of the molecule is Cc1ccc(-c2noc(CCCN3CCN(C(=O)CCc4nnc(-c5ccccc5)o4)CC3)n2)cc1. The molecule has 5 rings (SSSR count). The minimum atomic E-state index is 0.128. The molecule has 3 heterocycles. The van der Waals surface area contributed by atoms with E-state index in [1.54, 1.807) is 0 Å². The van der Waals surface area contributed by atoms with Crippen molar-refractivity contribution in [1.29, 1.82) is 0 Å². The lowest BCUT2D eigenvalue weighted by molar-refractivity contribution is -0.133. The van der Waals surface area contributed by atoms with Crippen LogP contribution in [-0.4, -0.2) is 68.8 Å². The fourth-order valence-corrected chi connectivity index (χ4v) is 4.28. The molecule has 1 aliphatic rings. The molecule has 1 aliphatic heterocycles. The van der Waals surface area contributed by atoms with Crippen LogP contribution in [0.2, 0.25) is 0 Å². The number of rotatable bonds is 9. The monoisotopic (exact) mass is 486 g/mol. The molecule has 2 aromatic heterocycles. The van der Waals surface area contributed by atoms with Crippen molar-refractivity contribution in [3.05, 3.63) is 71.9 Å². The van der Waals surface area contributed by atoms with E-state index in [0.29, 0.717) is 36.3 Å². The number of amides is 1. The summed E-state index contributed by atoms with van der Waals surface area (Å²) in [6.45, 7) is 6.19. The molecule has 0 aliphatic carbocycles. The highest BCUT2D eigenvalue weighted by molar-refractivity contribution is 5.76. The molecule has 0 bridgehead atoms. The molecule has 0 spiro atoms. The van der Waals surface area contributed by atoms with E-state index in [4.69, 9.17) is 8.94 Å². The topological polar surface area (TPSA) is 101 Å². The van der Waals surface area contributed by atoms with Gasteiger partial charge in [0, 0.05) is 56.6 Å². The lowest BCUT2D eigenvalue weighted by Gasteiger charge is -2.34. The predicted octanol–water partition coefficient (Wildman–Crippen LogP) is 3.80. The van der Waals surface area contributed by atoms with Gasteiger partial charge in [-0.3, -0.25) is 9.69 Å². The van der Waals surface area contributed by atoms with Crippen molar-refractivity contribution >= 4 is 5.91 Å². The van der Waals surface area contributed by atoms with E-state index in [1.165, 1.54) is 5.56 Å². The zero-order valence-electron chi connectivity index (χ0n) is 20.5. The maximum absolute atomic E-state index is 12.7. The summed E-state index contributed by atoms with van der Waals surface area (Å²) < 4.78 is 11.1. The van der Waals surface area contributed by atoms with Crippen LogP contribution in [-0.2, 0) is 17.6 Å². The Kier molecular flexibility index (Phi) is 7.47. The van der Waals surface area contributed by atoms with Crippen LogP contribution >= 0.6 is 0 Å². The van der Waals surface area contributed by atoms with Crippen molar-refractivity contribution in [2.45, 2.75) is 32.6 Å². The standard InChI is InChI=1S/C27H30N6O3/c1-20-9-11-21(12-10-20)26-28-23(36-31-26)8-5-15-32-16-18-33(19-17-32)25(34)14-13-24-29-30-27(35-24)22-6-3-2-4-7-22/h2-4,6-7,9-12H,5,8,13-19H2,1H3. The molecule has 9 heteroatoms. The third kappa shape index (κ3) is 6.04. The molecule has 1 saturated heterocycles. The van der Waals surface area contributed by atoms with Crippen LogP contribution in [0.15, 0.2) is 63.5 Å². The molecule has 1 amide bonds. The first-order chi connectivity index (χ1) is 17.6. The number of nitrogens with zero attached hydrogens (tertiary/aromatic N) is 6. The van der Waals surface area contributed by atoms with Gasteiger partial charge in [-0.05, 0) is 32.0 Å². The first-order valence-electron chi connectivity index (χ1n) is 12.4. The first kappa shape index (κ1) is 23.9. The molecule has 2 aromatic carbocycles. The van der Waals surface area contributed by atoms with E-state index in [1.807, 2.05) is 59.5 Å². The predicted molar refractivity (Wildman–Crippen MR) is 134 cm³/mol. The summed E-state index contributed by atoms with van der Waals surface area (Å²) in [7, 11) is 0. The van der Waals surface area contributed by atoms with Crippen LogP contribution < -0.4 is 0 Å². The Bertz CT molecular complexity index is 1260. The maximum Gasteiger partial charge on any atom is 0.247 e. The van der Waals surface area contributed by atoms with Crippen LogP contribution in [0.1, 0.15) is 30.2 Å². The molecule has 0 radical (unpaired) electrons. The number of carbonyl (C=O) groups is 1. The van der Waals surface area contributed by atoms with Crippen molar-refractivity contribution in [3.8, 4) is 22.8 Å². The third-order valence-corrected chi connectivity index (χ3v) is 6.41. The van der Waals surface area contributed by atoms with Crippen LogP contribution in [0.5, 0.6) is 0 Å². The molecule has 186 valence electrons. The summed E-state index contributed by atoms with van der Waals surface area (Å²) >= 11 is 0. The molecule has 0 N–H and O–H groups in total. The van der Waals surface area contributed by atoms with Crippen molar-refractivity contribution in [2.75, 3.05) is 32.7 Å². The number of aromatic nitrogens is 4. The van der Waals surface area contributed by atoms with Gasteiger partial charge in [0.05, 0.1) is 0 Å². The highest BCUT2D eigenvalue weighted by Gasteiger charge is 2.21. The number of hydrogen-bond donors (Lipinski definition) is 0. The highest BCUT2D eigenvalue weighted by Crippen LogP contribution is 2.19. The fraction of sp³-hybridized carbons (Fsp3) is 0.370. The summed E-state index contributed by atoms with van der Waals surface area (Å²) in [5.41, 5.74) is 3.05. The average molecular weight is 487 g/mol. The molecule has 36 heavy (non-hydrogen) atoms. The van der Waals surface area contributed by atoms with E-state index in [0.717, 1.165) is 56.7 Å². The Labute approximate surface area is 210 Å². The van der Waals surface area contributed by atoms with Gasteiger partial charge in [-0.2, -0.15) is 4.98 Å². The molecule has 1 fully saturated rings. The molecule has 0 unspecified atom stereocenters. The fourth-order valence-electron chi connectivity index (χ4n) is 4.28. The van der Waals surface area contributed by atoms with Gasteiger partial charge in [0.1, 0.15) is 0 Å². The summed E-state index contributed by atoms with van der Waals surface area (Å²) in [6.07, 6.45) is 2.50. The van der Waals surface area contributed by atoms with E-state index < -0.39 is 0 Å². The van der Waals surface area contributed by atoms with Crippen LogP contribution in [0.3, 0.4) is 0 Å². The van der Waals surface area contributed by atoms with E-state index >= 15 is 0 Å². The van der Waals surface area contributed by atoms with Crippen molar-refractivity contribution in [2.24, 2.45) is 0 Å². The lowest BCUT2D eigenvalue weighted by Crippen LogP contribution is -2.48. The second-order valence-corrected chi connectivity index (χ2v) is 9.07. The number of piperazine rings is 1. The van der Waals surface area contributed by atoms with Gasteiger partial charge in [-0.25, -0.2) is 0 Å². The Balaban J connectivity index is 1.01. The molecule has 4 aromatic rings. The van der Waals surface area contributed by atoms with Gasteiger partial charge in [0.2, 0.25) is 29.4 Å². The largest absolute Gasteiger partial charge is 0.421 e. The Morgan fingerprint density at radius 3 is 2.44 bits per heavy atom. The third-order valence-electron chi connectivity index (χ3n) is 6.41. The van der Waals surface area contributed by atoms with Gasteiger partial charge in [0.15, 0.2) is 0 Å². The van der Waals surface area contributed by atoms with Crippen LogP contribution in [0.4, 0.5) is 0 Å². The first-order valence-corrected chi connectivity index (χ1v) is 12.4. The zero-order valence-corrected chi connectivity index (χ0v) is 20.5. The quantitative estimate of drug-likeness (QED) is 0.352. The lowest BCUT2D eigenvalue weighted by atomic mass is 10.1. The summed E-state index contributed by atoms with van der Waals surface area (Å²) in [5, 5.41) is 12.3. The Morgan fingerprint density at radius 2 is 1.67 bits per heavy atom. The van der Waals surface area contributed by atoms with Crippen molar-refractivity contribution < 1.29 is 13.7 Å². The van der Waals surface area contributed by atoms with Crippen molar-refractivity contribution in [3.63, 3.8) is 0 Å². The van der Waals surface area contributed by atoms with Crippen molar-refractivity contribution in [1.82, 2.24) is 30.1 Å². The molecule has 0 saturated carbocycles. The van der Waals surface area contributed by atoms with E-state index in [-0.39, 0.29) is 5.91 Å². The number of carbonyl (C=O) groups excluding carboxylic acids is 1. The smallest absolute Gasteiger partial charge is 0.247 e. The second kappa shape index (κ2) is 11.3. The molecular formula is C27H30N6O3. The number of aryl methyl sites for hydroxylation is 3. The second-order valence-electron chi connectivity index (χ2n) is 9.07. The normalized spacial score (nSPS) is 14.3. The molecule has 9 nitrogen and oxygen atoms in total. The Hall–Kier alpha value is -3.85. The minimum Gasteiger partial charge on any atom is -0.421 e. The molecule has 0 atom stereocenters. The van der Waals surface area contributed by atoms with Crippen LogP contribution in [0.25, 0.3) is 22.8 Å². The minimum absolute atomic E-state index is 0.128. The number of benzene rings is 2. The van der Waals surface area contributed by atoms with E-state index in [2.05, 4.69) is 32.2 Å². The van der Waals surface area contributed by atoms with Gasteiger partial charge < -0.3 is 13.8 Å². The maximum atomic E-state index is 12.7. The summed E-state index contributed by atoms with van der Waals surface area (Å²) in [5.74, 6) is 2.40. The van der Waals surface area contributed by atoms with E-state index in [9.17, 15) is 4.79 Å². The van der Waals surface area contributed by atoms with Gasteiger partial charge in [-0.1, -0.05) is 53.2 Å². The summed E-state index contributed by atoms with van der Waals surface area (Å²) in [6, 6.07) is 17.7. The highest BCUT2D eigenvalue weighted by atomic mass is 16.5. The molecular weight excluding hydrogens is 456 g/mol. The van der Waals surface area contributed by atoms with Gasteiger partial charge in [0.25, 0.3) is 0 Å². The summed E-state index contributed by atoms with van der Waals surface area (Å²) in [4.78, 5) is 21.5. The van der Waals surface area contributed by atoms with Crippen LogP contribution in [0, 0.1) is 6.92 Å². The van der Waals surface area contributed by atoms with Gasteiger partial charge in [-0.15, -0.1) is 10.2 Å². The van der Waals surface area contributed by atoms with Gasteiger partial charge >= 0.3 is 0 Å². The Morgan fingerprint density at radius 1 is 0.889 bits per heavy atom.